The topological polar surface area (TPSA) is 45.7 Å². The first-order valence-corrected chi connectivity index (χ1v) is 9.40. The van der Waals surface area contributed by atoms with E-state index in [2.05, 4.69) is 76.6 Å². The van der Waals surface area contributed by atoms with E-state index >= 15 is 0 Å². The SMILES string of the molecule is CN=C(NCC1(C)COC1)NCC(C)(C)Sc1ccc(Br)cc1.I. The van der Waals surface area contributed by atoms with Crippen molar-refractivity contribution in [3.05, 3.63) is 28.7 Å². The van der Waals surface area contributed by atoms with E-state index in [9.17, 15) is 0 Å². The first-order valence-electron chi connectivity index (χ1n) is 7.79. The molecule has 1 fully saturated rings. The van der Waals surface area contributed by atoms with Crippen molar-refractivity contribution >= 4 is 57.6 Å². The van der Waals surface area contributed by atoms with Crippen LogP contribution in [0.15, 0.2) is 38.6 Å². The third-order valence-electron chi connectivity index (χ3n) is 3.70. The second-order valence-corrected chi connectivity index (χ2v) is 9.59. The Labute approximate surface area is 175 Å². The average Bonchev–Trinajstić information content (AvgIpc) is 2.47. The van der Waals surface area contributed by atoms with Gasteiger partial charge in [0.15, 0.2) is 5.96 Å². The van der Waals surface area contributed by atoms with Crippen LogP contribution in [0, 0.1) is 5.41 Å². The summed E-state index contributed by atoms with van der Waals surface area (Å²) in [7, 11) is 1.81. The predicted octanol–water partition coefficient (Wildman–Crippen LogP) is 4.14. The fourth-order valence-corrected chi connectivity index (χ4v) is 3.54. The molecule has 0 amide bonds. The number of halogens is 2. The van der Waals surface area contributed by atoms with Crippen molar-refractivity contribution in [3.63, 3.8) is 0 Å². The van der Waals surface area contributed by atoms with Gasteiger partial charge >= 0.3 is 0 Å². The highest BCUT2D eigenvalue weighted by atomic mass is 127. The zero-order chi connectivity index (χ0) is 16.9. The standard InChI is InChI=1S/C17H26BrN3OS.HI/c1-16(2,23-14-7-5-13(18)6-8-14)9-20-15(19-4)21-10-17(3)11-22-12-17;/h5-8H,9-12H2,1-4H3,(H2,19,20,21);1H. The molecule has 136 valence electrons. The minimum absolute atomic E-state index is 0. The molecule has 0 atom stereocenters. The third kappa shape index (κ3) is 7.09. The van der Waals surface area contributed by atoms with Crippen LogP contribution in [0.1, 0.15) is 20.8 Å². The van der Waals surface area contributed by atoms with Crippen LogP contribution in [0.2, 0.25) is 0 Å². The van der Waals surface area contributed by atoms with E-state index in [-0.39, 0.29) is 34.1 Å². The number of benzene rings is 1. The molecule has 7 heteroatoms. The maximum absolute atomic E-state index is 5.29. The highest BCUT2D eigenvalue weighted by Crippen LogP contribution is 2.32. The van der Waals surface area contributed by atoms with E-state index in [4.69, 9.17) is 4.74 Å². The highest BCUT2D eigenvalue weighted by molar-refractivity contribution is 14.0. The second-order valence-electron chi connectivity index (χ2n) is 6.90. The summed E-state index contributed by atoms with van der Waals surface area (Å²) in [6.07, 6.45) is 0. The van der Waals surface area contributed by atoms with Crippen molar-refractivity contribution in [2.24, 2.45) is 10.4 Å². The number of aliphatic imine (C=N–C) groups is 1. The largest absolute Gasteiger partial charge is 0.380 e. The zero-order valence-corrected chi connectivity index (χ0v) is 19.4. The summed E-state index contributed by atoms with van der Waals surface area (Å²) in [5.74, 6) is 0.850. The van der Waals surface area contributed by atoms with Gasteiger partial charge in [-0.05, 0) is 38.1 Å². The van der Waals surface area contributed by atoms with E-state index in [1.54, 1.807) is 0 Å². The molecular weight excluding hydrogens is 501 g/mol. The van der Waals surface area contributed by atoms with E-state index in [1.165, 1.54) is 4.90 Å². The Morgan fingerprint density at radius 1 is 1.29 bits per heavy atom. The Hall–Kier alpha value is 0.01000. The number of nitrogens with zero attached hydrogens (tertiary/aromatic N) is 1. The lowest BCUT2D eigenvalue weighted by Gasteiger charge is -2.38. The maximum Gasteiger partial charge on any atom is 0.191 e. The number of thioether (sulfide) groups is 1. The van der Waals surface area contributed by atoms with E-state index < -0.39 is 0 Å². The molecule has 1 aliphatic rings. The van der Waals surface area contributed by atoms with Crippen molar-refractivity contribution in [1.82, 2.24) is 10.6 Å². The molecule has 0 aliphatic carbocycles. The van der Waals surface area contributed by atoms with Crippen LogP contribution in [0.3, 0.4) is 0 Å². The van der Waals surface area contributed by atoms with Crippen LogP contribution < -0.4 is 10.6 Å². The van der Waals surface area contributed by atoms with Crippen molar-refractivity contribution in [2.45, 2.75) is 30.4 Å². The molecule has 0 aromatic heterocycles. The van der Waals surface area contributed by atoms with Crippen molar-refractivity contribution in [2.75, 3.05) is 33.4 Å². The quantitative estimate of drug-likeness (QED) is 0.252. The van der Waals surface area contributed by atoms with E-state index in [1.807, 2.05) is 18.8 Å². The molecule has 1 saturated heterocycles. The lowest BCUT2D eigenvalue weighted by molar-refractivity contribution is -0.0971. The molecule has 1 aromatic rings. The first-order chi connectivity index (χ1) is 10.8. The van der Waals surface area contributed by atoms with Gasteiger partial charge in [0.2, 0.25) is 0 Å². The number of nitrogens with one attached hydrogen (secondary N) is 2. The normalized spacial score (nSPS) is 16.8. The second kappa shape index (κ2) is 9.64. The lowest BCUT2D eigenvalue weighted by Crippen LogP contribution is -2.52. The fraction of sp³-hybridized carbons (Fsp3) is 0.588. The Bertz CT molecular complexity index is 547. The van der Waals surface area contributed by atoms with Crippen LogP contribution in [0.4, 0.5) is 0 Å². The minimum atomic E-state index is 0. The van der Waals surface area contributed by atoms with Gasteiger partial charge in [-0.25, -0.2) is 0 Å². The molecule has 2 rings (SSSR count). The first kappa shape index (κ1) is 22.1. The minimum Gasteiger partial charge on any atom is -0.380 e. The monoisotopic (exact) mass is 527 g/mol. The van der Waals surface area contributed by atoms with E-state index in [0.717, 1.165) is 36.7 Å². The molecule has 0 bridgehead atoms. The van der Waals surface area contributed by atoms with Gasteiger partial charge in [-0.2, -0.15) is 0 Å². The number of guanidine groups is 1. The van der Waals surface area contributed by atoms with Gasteiger partial charge in [-0.1, -0.05) is 22.9 Å². The summed E-state index contributed by atoms with van der Waals surface area (Å²) >= 11 is 5.33. The highest BCUT2D eigenvalue weighted by Gasteiger charge is 2.33. The summed E-state index contributed by atoms with van der Waals surface area (Å²) in [6.45, 7) is 10.1. The molecule has 1 aromatic carbocycles. The molecule has 0 spiro atoms. The zero-order valence-electron chi connectivity index (χ0n) is 14.7. The number of rotatable bonds is 6. The van der Waals surface area contributed by atoms with Gasteiger partial charge in [-0.3, -0.25) is 4.99 Å². The number of ether oxygens (including phenoxy) is 1. The summed E-state index contributed by atoms with van der Waals surface area (Å²) < 4.78 is 6.46. The fourth-order valence-electron chi connectivity index (χ4n) is 2.22. The van der Waals surface area contributed by atoms with Crippen molar-refractivity contribution < 1.29 is 4.74 Å². The van der Waals surface area contributed by atoms with Crippen LogP contribution in [-0.4, -0.2) is 44.1 Å². The van der Waals surface area contributed by atoms with Gasteiger partial charge in [0.25, 0.3) is 0 Å². The molecule has 0 unspecified atom stereocenters. The average molecular weight is 528 g/mol. The predicted molar refractivity (Wildman–Crippen MR) is 118 cm³/mol. The van der Waals surface area contributed by atoms with Gasteiger partial charge in [0, 0.05) is 39.7 Å². The van der Waals surface area contributed by atoms with Gasteiger partial charge in [0.1, 0.15) is 0 Å². The number of hydrogen-bond donors (Lipinski definition) is 2. The summed E-state index contributed by atoms with van der Waals surface area (Å²) in [5, 5.41) is 6.83. The Kier molecular flexibility index (Phi) is 8.85. The molecule has 1 aliphatic heterocycles. The Balaban J connectivity index is 0.00000288. The van der Waals surface area contributed by atoms with Gasteiger partial charge in [0.05, 0.1) is 13.2 Å². The molecule has 0 radical (unpaired) electrons. The summed E-state index contributed by atoms with van der Waals surface area (Å²) in [5.41, 5.74) is 0.235. The molecular formula is C17H27BrIN3OS. The van der Waals surface area contributed by atoms with Crippen LogP contribution in [0.25, 0.3) is 0 Å². The molecule has 2 N–H and O–H groups in total. The van der Waals surface area contributed by atoms with Crippen LogP contribution in [-0.2, 0) is 4.74 Å². The summed E-state index contributed by atoms with van der Waals surface area (Å²) in [6, 6.07) is 8.43. The Morgan fingerprint density at radius 2 is 1.92 bits per heavy atom. The molecule has 0 saturated carbocycles. The van der Waals surface area contributed by atoms with E-state index in [0.29, 0.717) is 0 Å². The van der Waals surface area contributed by atoms with Crippen molar-refractivity contribution in [1.29, 1.82) is 0 Å². The smallest absolute Gasteiger partial charge is 0.191 e. The van der Waals surface area contributed by atoms with Crippen molar-refractivity contribution in [3.8, 4) is 0 Å². The van der Waals surface area contributed by atoms with Gasteiger partial charge < -0.3 is 15.4 Å². The third-order valence-corrected chi connectivity index (χ3v) is 5.43. The Morgan fingerprint density at radius 3 is 2.42 bits per heavy atom. The molecule has 1 heterocycles. The lowest BCUT2D eigenvalue weighted by atomic mass is 9.89. The summed E-state index contributed by atoms with van der Waals surface area (Å²) in [4.78, 5) is 5.58. The van der Waals surface area contributed by atoms with Gasteiger partial charge in [-0.15, -0.1) is 35.7 Å². The number of hydrogen-bond acceptors (Lipinski definition) is 3. The molecule has 4 nitrogen and oxygen atoms in total. The van der Waals surface area contributed by atoms with Crippen LogP contribution in [0.5, 0.6) is 0 Å². The maximum atomic E-state index is 5.29. The van der Waals surface area contributed by atoms with Crippen LogP contribution >= 0.6 is 51.7 Å². The molecule has 24 heavy (non-hydrogen) atoms.